The zero-order valence-electron chi connectivity index (χ0n) is 10.3. The molecule has 0 spiro atoms. The SMILES string of the molecule is COC(=O)c1ccccc1CN1CCCCC1. The van der Waals surface area contributed by atoms with Gasteiger partial charge in [0, 0.05) is 6.54 Å². The molecule has 0 aromatic heterocycles. The number of carbonyl (C=O) groups is 1. The molecule has 0 saturated carbocycles. The second-order valence-electron chi connectivity index (χ2n) is 4.49. The Kier molecular flexibility index (Phi) is 4.15. The molecular formula is C14H19NO2. The van der Waals surface area contributed by atoms with Crippen LogP contribution in [0.1, 0.15) is 35.2 Å². The molecule has 1 saturated heterocycles. The van der Waals surface area contributed by atoms with E-state index < -0.39 is 0 Å². The second kappa shape index (κ2) is 5.82. The first-order valence-corrected chi connectivity index (χ1v) is 6.20. The summed E-state index contributed by atoms with van der Waals surface area (Å²) < 4.78 is 4.81. The lowest BCUT2D eigenvalue weighted by molar-refractivity contribution is 0.0598. The minimum absolute atomic E-state index is 0.238. The van der Waals surface area contributed by atoms with Crippen molar-refractivity contribution in [2.24, 2.45) is 0 Å². The summed E-state index contributed by atoms with van der Waals surface area (Å²) in [4.78, 5) is 14.0. The second-order valence-corrected chi connectivity index (χ2v) is 4.49. The molecule has 0 bridgehead atoms. The van der Waals surface area contributed by atoms with E-state index in [9.17, 15) is 4.79 Å². The third kappa shape index (κ3) is 3.07. The molecule has 0 aliphatic carbocycles. The quantitative estimate of drug-likeness (QED) is 0.751. The molecule has 1 heterocycles. The number of benzene rings is 1. The molecular weight excluding hydrogens is 214 g/mol. The van der Waals surface area contributed by atoms with Crippen LogP contribution in [-0.2, 0) is 11.3 Å². The molecule has 1 aromatic rings. The van der Waals surface area contributed by atoms with Gasteiger partial charge in [0.2, 0.25) is 0 Å². The fraction of sp³-hybridized carbons (Fsp3) is 0.500. The summed E-state index contributed by atoms with van der Waals surface area (Å²) in [6.45, 7) is 3.12. The molecule has 0 N–H and O–H groups in total. The number of likely N-dealkylation sites (tertiary alicyclic amines) is 1. The van der Waals surface area contributed by atoms with Crippen molar-refractivity contribution in [1.29, 1.82) is 0 Å². The van der Waals surface area contributed by atoms with Crippen molar-refractivity contribution in [3.63, 3.8) is 0 Å². The van der Waals surface area contributed by atoms with Crippen molar-refractivity contribution in [3.05, 3.63) is 35.4 Å². The van der Waals surface area contributed by atoms with E-state index in [0.29, 0.717) is 5.56 Å². The Morgan fingerprint density at radius 1 is 1.24 bits per heavy atom. The number of ether oxygens (including phenoxy) is 1. The van der Waals surface area contributed by atoms with E-state index >= 15 is 0 Å². The lowest BCUT2D eigenvalue weighted by Crippen LogP contribution is -2.29. The van der Waals surface area contributed by atoms with Gasteiger partial charge in [0.05, 0.1) is 12.7 Å². The maximum absolute atomic E-state index is 11.6. The normalized spacial score (nSPS) is 16.8. The van der Waals surface area contributed by atoms with Gasteiger partial charge in [-0.1, -0.05) is 24.6 Å². The van der Waals surface area contributed by atoms with E-state index in [1.54, 1.807) is 0 Å². The number of piperidine rings is 1. The van der Waals surface area contributed by atoms with Crippen LogP contribution in [0.2, 0.25) is 0 Å². The highest BCUT2D eigenvalue weighted by Gasteiger charge is 2.15. The summed E-state index contributed by atoms with van der Waals surface area (Å²) in [5, 5.41) is 0. The Morgan fingerprint density at radius 2 is 1.94 bits per heavy atom. The molecule has 0 unspecified atom stereocenters. The maximum atomic E-state index is 11.6. The van der Waals surface area contributed by atoms with Crippen LogP contribution in [0.25, 0.3) is 0 Å². The maximum Gasteiger partial charge on any atom is 0.338 e. The largest absolute Gasteiger partial charge is 0.465 e. The molecule has 17 heavy (non-hydrogen) atoms. The summed E-state index contributed by atoms with van der Waals surface area (Å²) >= 11 is 0. The van der Waals surface area contributed by atoms with Crippen LogP contribution in [-0.4, -0.2) is 31.1 Å². The first-order valence-electron chi connectivity index (χ1n) is 6.20. The molecule has 0 amide bonds. The van der Waals surface area contributed by atoms with Gasteiger partial charge in [-0.25, -0.2) is 4.79 Å². The highest BCUT2D eigenvalue weighted by molar-refractivity contribution is 5.90. The van der Waals surface area contributed by atoms with Crippen LogP contribution in [0.3, 0.4) is 0 Å². The topological polar surface area (TPSA) is 29.5 Å². The van der Waals surface area contributed by atoms with E-state index in [1.807, 2.05) is 24.3 Å². The van der Waals surface area contributed by atoms with Crippen molar-refractivity contribution < 1.29 is 9.53 Å². The minimum atomic E-state index is -0.238. The van der Waals surface area contributed by atoms with Crippen LogP contribution in [0, 0.1) is 0 Å². The van der Waals surface area contributed by atoms with Gasteiger partial charge >= 0.3 is 5.97 Å². The highest BCUT2D eigenvalue weighted by atomic mass is 16.5. The Bertz CT molecular complexity index is 384. The number of esters is 1. The monoisotopic (exact) mass is 233 g/mol. The number of hydrogen-bond donors (Lipinski definition) is 0. The summed E-state index contributed by atoms with van der Waals surface area (Å²) in [6, 6.07) is 7.71. The van der Waals surface area contributed by atoms with E-state index in [2.05, 4.69) is 4.90 Å². The fourth-order valence-corrected chi connectivity index (χ4v) is 2.33. The third-order valence-electron chi connectivity index (χ3n) is 3.27. The van der Waals surface area contributed by atoms with Gasteiger partial charge < -0.3 is 4.74 Å². The Hall–Kier alpha value is -1.35. The number of carbonyl (C=O) groups excluding carboxylic acids is 1. The van der Waals surface area contributed by atoms with Crippen molar-refractivity contribution in [3.8, 4) is 0 Å². The molecule has 0 atom stereocenters. The summed E-state index contributed by atoms with van der Waals surface area (Å²) in [7, 11) is 1.43. The van der Waals surface area contributed by atoms with Crippen LogP contribution in [0.4, 0.5) is 0 Å². The standard InChI is InChI=1S/C14H19NO2/c1-17-14(16)13-8-4-3-7-12(13)11-15-9-5-2-6-10-15/h3-4,7-8H,2,5-6,9-11H2,1H3. The molecule has 2 rings (SSSR count). The molecule has 1 fully saturated rings. The zero-order valence-corrected chi connectivity index (χ0v) is 10.3. The Morgan fingerprint density at radius 3 is 2.65 bits per heavy atom. The smallest absolute Gasteiger partial charge is 0.338 e. The number of nitrogens with zero attached hydrogens (tertiary/aromatic N) is 1. The number of methoxy groups -OCH3 is 1. The van der Waals surface area contributed by atoms with Gasteiger partial charge in [-0.15, -0.1) is 0 Å². The molecule has 92 valence electrons. The van der Waals surface area contributed by atoms with E-state index in [0.717, 1.165) is 25.2 Å². The third-order valence-corrected chi connectivity index (χ3v) is 3.27. The van der Waals surface area contributed by atoms with Crippen molar-refractivity contribution >= 4 is 5.97 Å². The molecule has 0 radical (unpaired) electrons. The van der Waals surface area contributed by atoms with Crippen LogP contribution < -0.4 is 0 Å². The van der Waals surface area contributed by atoms with Crippen molar-refractivity contribution in [2.45, 2.75) is 25.8 Å². The molecule has 3 nitrogen and oxygen atoms in total. The summed E-state index contributed by atoms with van der Waals surface area (Å²) in [5.41, 5.74) is 1.77. The predicted molar refractivity (Wildman–Crippen MR) is 66.9 cm³/mol. The lowest BCUT2D eigenvalue weighted by Gasteiger charge is -2.27. The molecule has 1 aromatic carbocycles. The van der Waals surface area contributed by atoms with Gasteiger partial charge in [0.15, 0.2) is 0 Å². The molecule has 1 aliphatic heterocycles. The van der Waals surface area contributed by atoms with E-state index in [1.165, 1.54) is 26.4 Å². The fourth-order valence-electron chi connectivity index (χ4n) is 2.33. The first kappa shape index (κ1) is 12.1. The van der Waals surface area contributed by atoms with Gasteiger partial charge in [-0.2, -0.15) is 0 Å². The summed E-state index contributed by atoms with van der Waals surface area (Å²) in [5.74, 6) is -0.238. The van der Waals surface area contributed by atoms with Gasteiger partial charge in [-0.05, 0) is 37.6 Å². The van der Waals surface area contributed by atoms with E-state index in [-0.39, 0.29) is 5.97 Å². The van der Waals surface area contributed by atoms with Gasteiger partial charge in [0.1, 0.15) is 0 Å². The average molecular weight is 233 g/mol. The molecule has 3 heteroatoms. The first-order chi connectivity index (χ1) is 8.31. The average Bonchev–Trinajstić information content (AvgIpc) is 2.40. The molecule has 1 aliphatic rings. The zero-order chi connectivity index (χ0) is 12.1. The number of hydrogen-bond acceptors (Lipinski definition) is 3. The van der Waals surface area contributed by atoms with Crippen molar-refractivity contribution in [1.82, 2.24) is 4.90 Å². The van der Waals surface area contributed by atoms with Crippen molar-refractivity contribution in [2.75, 3.05) is 20.2 Å². The van der Waals surface area contributed by atoms with Crippen LogP contribution in [0.5, 0.6) is 0 Å². The van der Waals surface area contributed by atoms with E-state index in [4.69, 9.17) is 4.74 Å². The summed E-state index contributed by atoms with van der Waals surface area (Å²) in [6.07, 6.45) is 3.86. The van der Waals surface area contributed by atoms with Gasteiger partial charge in [0.25, 0.3) is 0 Å². The van der Waals surface area contributed by atoms with Gasteiger partial charge in [-0.3, -0.25) is 4.90 Å². The number of rotatable bonds is 3. The Labute approximate surface area is 102 Å². The van der Waals surface area contributed by atoms with Crippen LogP contribution >= 0.6 is 0 Å². The lowest BCUT2D eigenvalue weighted by atomic mass is 10.1. The van der Waals surface area contributed by atoms with Crippen LogP contribution in [0.15, 0.2) is 24.3 Å². The highest BCUT2D eigenvalue weighted by Crippen LogP contribution is 2.16. The predicted octanol–water partition coefficient (Wildman–Crippen LogP) is 2.46. The Balaban J connectivity index is 2.11. The minimum Gasteiger partial charge on any atom is -0.465 e.